The summed E-state index contributed by atoms with van der Waals surface area (Å²) in [5, 5.41) is 0. The summed E-state index contributed by atoms with van der Waals surface area (Å²) in [4.78, 5) is 47.0. The predicted octanol–water partition coefficient (Wildman–Crippen LogP) is 0.109. The van der Waals surface area contributed by atoms with E-state index in [-0.39, 0.29) is 22.9 Å². The fraction of sp³-hybridized carbons (Fsp3) is 0.706. The van der Waals surface area contributed by atoms with Crippen molar-refractivity contribution in [2.75, 3.05) is 46.8 Å². The lowest BCUT2D eigenvalue weighted by Crippen LogP contribution is -2.55. The summed E-state index contributed by atoms with van der Waals surface area (Å²) in [6.45, 7) is 3.62. The number of hydrogen-bond donors (Lipinski definition) is 2. The number of likely N-dealkylation sites (tertiary alicyclic amines) is 2. The van der Waals surface area contributed by atoms with Crippen LogP contribution in [0.4, 0.5) is 0 Å². The minimum atomic E-state index is -0.367. The van der Waals surface area contributed by atoms with Gasteiger partial charge in [-0.2, -0.15) is 0 Å². The van der Waals surface area contributed by atoms with Gasteiger partial charge in [0.2, 0.25) is 5.91 Å². The van der Waals surface area contributed by atoms with E-state index in [9.17, 15) is 14.4 Å². The number of carbonyl (C=O) groups excluding carboxylic acids is 2. The molecular weight excluding hydrogens is 322 g/mol. The molecule has 2 amide bonds. The molecule has 8 nitrogen and oxygen atoms in total. The van der Waals surface area contributed by atoms with E-state index in [1.165, 1.54) is 6.20 Å². The molecule has 2 aliphatic heterocycles. The summed E-state index contributed by atoms with van der Waals surface area (Å²) in [7, 11) is 4.01. The van der Waals surface area contributed by atoms with Crippen LogP contribution < -0.4 is 5.69 Å². The smallest absolute Gasteiger partial charge is 0.323 e. The van der Waals surface area contributed by atoms with Crippen LogP contribution in [0.15, 0.2) is 11.0 Å². The monoisotopic (exact) mass is 349 g/mol. The Morgan fingerprint density at radius 3 is 2.76 bits per heavy atom. The summed E-state index contributed by atoms with van der Waals surface area (Å²) < 4.78 is 0. The minimum absolute atomic E-state index is 0.0231. The lowest BCUT2D eigenvalue weighted by Gasteiger charge is -2.48. The van der Waals surface area contributed by atoms with Gasteiger partial charge in [-0.3, -0.25) is 9.59 Å². The Balaban J connectivity index is 1.69. The largest absolute Gasteiger partial charge is 0.341 e. The molecule has 0 bridgehead atoms. The second-order valence-corrected chi connectivity index (χ2v) is 7.61. The number of aromatic nitrogens is 2. The van der Waals surface area contributed by atoms with Gasteiger partial charge >= 0.3 is 5.69 Å². The molecule has 1 spiro atoms. The summed E-state index contributed by atoms with van der Waals surface area (Å²) in [5.41, 5.74) is -0.0864. The van der Waals surface area contributed by atoms with Crippen molar-refractivity contribution in [1.82, 2.24) is 24.7 Å². The van der Waals surface area contributed by atoms with Crippen molar-refractivity contribution in [2.45, 2.75) is 25.7 Å². The fourth-order valence-corrected chi connectivity index (χ4v) is 3.96. The van der Waals surface area contributed by atoms with Crippen molar-refractivity contribution in [2.24, 2.45) is 5.41 Å². The molecule has 0 aliphatic carbocycles. The van der Waals surface area contributed by atoms with Crippen molar-refractivity contribution < 1.29 is 9.59 Å². The zero-order chi connectivity index (χ0) is 18.0. The van der Waals surface area contributed by atoms with E-state index in [4.69, 9.17) is 0 Å². The Morgan fingerprint density at radius 2 is 2.08 bits per heavy atom. The van der Waals surface area contributed by atoms with Gasteiger partial charge in [-0.15, -0.1) is 0 Å². The number of rotatable bonds is 4. The second-order valence-electron chi connectivity index (χ2n) is 7.61. The van der Waals surface area contributed by atoms with Crippen molar-refractivity contribution in [3.63, 3.8) is 0 Å². The van der Waals surface area contributed by atoms with E-state index in [2.05, 4.69) is 14.9 Å². The normalized spacial score (nSPS) is 24.4. The van der Waals surface area contributed by atoms with Crippen molar-refractivity contribution in [3.05, 3.63) is 22.4 Å². The average molecular weight is 349 g/mol. The van der Waals surface area contributed by atoms with Gasteiger partial charge in [0, 0.05) is 50.8 Å². The summed E-state index contributed by atoms with van der Waals surface area (Å²) >= 11 is 0. The standard InChI is InChI=1S/C17H27N5O3/c1-20(2)8-9-21-11-17(6-4-14(21)23)5-3-7-22(12-17)15(24)13-10-18-16(25)19-13/h10H,3-9,11-12H2,1-2H3,(H2,18,19,25)/t17-/m1/s1. The maximum Gasteiger partial charge on any atom is 0.323 e. The lowest BCUT2D eigenvalue weighted by molar-refractivity contribution is -0.139. The van der Waals surface area contributed by atoms with E-state index >= 15 is 0 Å². The van der Waals surface area contributed by atoms with Crippen LogP contribution in [-0.2, 0) is 4.79 Å². The molecule has 0 unspecified atom stereocenters. The van der Waals surface area contributed by atoms with Crippen LogP contribution in [0.1, 0.15) is 36.2 Å². The van der Waals surface area contributed by atoms with Gasteiger partial charge in [0.25, 0.3) is 5.91 Å². The molecule has 1 atom stereocenters. The summed E-state index contributed by atoms with van der Waals surface area (Å²) in [5.74, 6) is 0.0695. The minimum Gasteiger partial charge on any atom is -0.341 e. The van der Waals surface area contributed by atoms with Crippen LogP contribution in [0.5, 0.6) is 0 Å². The molecule has 3 rings (SSSR count). The number of carbonyl (C=O) groups is 2. The second kappa shape index (κ2) is 7.03. The number of H-pyrrole nitrogens is 2. The number of likely N-dealkylation sites (N-methyl/N-ethyl adjacent to an activating group) is 1. The van der Waals surface area contributed by atoms with Crippen LogP contribution in [0.3, 0.4) is 0 Å². The average Bonchev–Trinajstić information content (AvgIpc) is 3.02. The number of piperidine rings is 2. The van der Waals surface area contributed by atoms with Gasteiger partial charge in [-0.05, 0) is 33.4 Å². The zero-order valence-electron chi connectivity index (χ0n) is 15.0. The summed E-state index contributed by atoms with van der Waals surface area (Å²) in [6.07, 6.45) is 4.77. The van der Waals surface area contributed by atoms with E-state index in [1.807, 2.05) is 23.9 Å². The van der Waals surface area contributed by atoms with Crippen LogP contribution in [0.2, 0.25) is 0 Å². The Hall–Kier alpha value is -2.09. The molecule has 8 heteroatoms. The van der Waals surface area contributed by atoms with E-state index < -0.39 is 0 Å². The first-order valence-electron chi connectivity index (χ1n) is 8.88. The van der Waals surface area contributed by atoms with Gasteiger partial charge in [0.05, 0.1) is 0 Å². The highest BCUT2D eigenvalue weighted by Gasteiger charge is 2.42. The third-order valence-electron chi connectivity index (χ3n) is 5.34. The number of imidazole rings is 1. The Morgan fingerprint density at radius 1 is 1.28 bits per heavy atom. The molecule has 1 aromatic rings. The van der Waals surface area contributed by atoms with E-state index in [0.717, 1.165) is 32.4 Å². The van der Waals surface area contributed by atoms with Gasteiger partial charge in [-0.1, -0.05) is 0 Å². The Bertz CT molecular complexity index is 694. The molecular formula is C17H27N5O3. The van der Waals surface area contributed by atoms with Crippen LogP contribution in [0, 0.1) is 5.41 Å². The molecule has 0 aromatic carbocycles. The first kappa shape index (κ1) is 17.7. The Kier molecular flexibility index (Phi) is 4.99. The SMILES string of the molecule is CN(C)CCN1C[C@@]2(CCCN(C(=O)c3c[nH]c(=O)[nH]3)C2)CCC1=O. The van der Waals surface area contributed by atoms with Gasteiger partial charge in [0.1, 0.15) is 5.69 Å². The summed E-state index contributed by atoms with van der Waals surface area (Å²) in [6, 6.07) is 0. The molecule has 0 radical (unpaired) electrons. The fourth-order valence-electron chi connectivity index (χ4n) is 3.96. The first-order valence-corrected chi connectivity index (χ1v) is 8.88. The lowest BCUT2D eigenvalue weighted by atomic mass is 9.73. The third-order valence-corrected chi connectivity index (χ3v) is 5.34. The molecule has 2 N–H and O–H groups in total. The molecule has 25 heavy (non-hydrogen) atoms. The highest BCUT2D eigenvalue weighted by molar-refractivity contribution is 5.92. The van der Waals surface area contributed by atoms with Crippen molar-refractivity contribution in [1.29, 1.82) is 0 Å². The number of hydrogen-bond acceptors (Lipinski definition) is 4. The number of amides is 2. The third kappa shape index (κ3) is 3.95. The number of aromatic amines is 2. The Labute approximate surface area is 147 Å². The molecule has 3 heterocycles. The van der Waals surface area contributed by atoms with Crippen molar-refractivity contribution in [3.8, 4) is 0 Å². The van der Waals surface area contributed by atoms with Gasteiger partial charge in [-0.25, -0.2) is 4.79 Å². The van der Waals surface area contributed by atoms with Gasteiger partial charge < -0.3 is 24.7 Å². The maximum atomic E-state index is 12.6. The molecule has 1 aromatic heterocycles. The molecule has 2 aliphatic rings. The van der Waals surface area contributed by atoms with Crippen LogP contribution in [-0.4, -0.2) is 83.3 Å². The van der Waals surface area contributed by atoms with E-state index in [0.29, 0.717) is 31.7 Å². The topological polar surface area (TPSA) is 92.5 Å². The highest BCUT2D eigenvalue weighted by Crippen LogP contribution is 2.39. The molecule has 2 saturated heterocycles. The molecule has 2 fully saturated rings. The predicted molar refractivity (Wildman–Crippen MR) is 93.4 cm³/mol. The van der Waals surface area contributed by atoms with Gasteiger partial charge in [0.15, 0.2) is 0 Å². The van der Waals surface area contributed by atoms with Crippen LogP contribution >= 0.6 is 0 Å². The van der Waals surface area contributed by atoms with E-state index in [1.54, 1.807) is 0 Å². The van der Waals surface area contributed by atoms with Crippen molar-refractivity contribution >= 4 is 11.8 Å². The molecule has 0 saturated carbocycles. The zero-order valence-corrected chi connectivity index (χ0v) is 15.0. The number of nitrogens with zero attached hydrogens (tertiary/aromatic N) is 3. The molecule has 138 valence electrons. The quantitative estimate of drug-likeness (QED) is 0.807. The maximum absolute atomic E-state index is 12.6. The highest BCUT2D eigenvalue weighted by atomic mass is 16.2. The first-order chi connectivity index (χ1) is 11.9. The number of nitrogens with one attached hydrogen (secondary N) is 2. The van der Waals surface area contributed by atoms with Crippen LogP contribution in [0.25, 0.3) is 0 Å².